The maximum Gasteiger partial charge on any atom is 0.673 e. The summed E-state index contributed by atoms with van der Waals surface area (Å²) < 4.78 is 45.1. The number of hydrogen-bond acceptors (Lipinski definition) is 2. The first-order valence-corrected chi connectivity index (χ1v) is 8.47. The maximum atomic E-state index is 9.75. The minimum atomic E-state index is -6.00. The summed E-state index contributed by atoms with van der Waals surface area (Å²) in [5, 5.41) is 8.24. The van der Waals surface area contributed by atoms with Gasteiger partial charge in [-0.25, -0.2) is 0 Å². The largest absolute Gasteiger partial charge is 0.673 e. The summed E-state index contributed by atoms with van der Waals surface area (Å²) in [6, 6.07) is 8.61. The Morgan fingerprint density at radius 2 is 1.42 bits per heavy atom. The van der Waals surface area contributed by atoms with Crippen LogP contribution in [0.2, 0.25) is 0 Å². The number of hydrogen-bond donors (Lipinski definition) is 0. The average molecular weight is 377 g/mol. The number of para-hydroxylation sites is 1. The summed E-state index contributed by atoms with van der Waals surface area (Å²) >= 11 is 0. The van der Waals surface area contributed by atoms with Crippen LogP contribution in [0.5, 0.6) is 0 Å². The molecule has 146 valence electrons. The Morgan fingerprint density at radius 3 is 1.88 bits per heavy atom. The van der Waals surface area contributed by atoms with E-state index in [0.29, 0.717) is 0 Å². The zero-order valence-electron chi connectivity index (χ0n) is 15.4. The van der Waals surface area contributed by atoms with E-state index in [1.807, 2.05) is 24.3 Å². The first kappa shape index (κ1) is 21.7. The number of fused-ring (bicyclic) bond motifs is 1. The predicted molar refractivity (Wildman–Crippen MR) is 94.4 cm³/mol. The van der Waals surface area contributed by atoms with Crippen LogP contribution in [0.4, 0.5) is 21.8 Å². The van der Waals surface area contributed by atoms with Crippen LogP contribution < -0.4 is 0 Å². The molecule has 2 amide bonds. The van der Waals surface area contributed by atoms with Crippen LogP contribution in [0, 0.1) is 0 Å². The molecular formula is C15H24BF4N5O. The second kappa shape index (κ2) is 9.98. The minimum absolute atomic E-state index is 0.820. The normalized spacial score (nSPS) is 10.9. The van der Waals surface area contributed by atoms with Gasteiger partial charge in [-0.2, -0.15) is 0 Å². The number of aromatic nitrogens is 3. The minimum Gasteiger partial charge on any atom is -0.418 e. The Kier molecular flexibility index (Phi) is 8.33. The van der Waals surface area contributed by atoms with E-state index in [2.05, 4.69) is 47.8 Å². The number of nitrogens with zero attached hydrogens (tertiary/aromatic N) is 5. The molecule has 0 aliphatic carbocycles. The Morgan fingerprint density at radius 1 is 0.962 bits per heavy atom. The third-order valence-corrected chi connectivity index (χ3v) is 3.56. The maximum absolute atomic E-state index is 9.75. The highest BCUT2D eigenvalue weighted by molar-refractivity contribution is 6.50. The van der Waals surface area contributed by atoms with E-state index >= 15 is 0 Å². The SMILES string of the molecule is CCN(CC)C(=[O+]n1nnc2ccccc21)N(CC)CC.F[B-](F)(F)F. The van der Waals surface area contributed by atoms with Crippen molar-refractivity contribution in [3.63, 3.8) is 0 Å². The fraction of sp³-hybridized carbons (Fsp3) is 0.533. The number of halogens is 4. The van der Waals surface area contributed by atoms with E-state index in [4.69, 9.17) is 4.53 Å². The molecule has 0 saturated heterocycles. The van der Waals surface area contributed by atoms with E-state index in [9.17, 15) is 17.3 Å². The summed E-state index contributed by atoms with van der Waals surface area (Å²) in [5.74, 6) is 0. The number of urea groups is 1. The molecule has 0 spiro atoms. The second-order valence-electron chi connectivity index (χ2n) is 5.16. The molecule has 26 heavy (non-hydrogen) atoms. The second-order valence-corrected chi connectivity index (χ2v) is 5.16. The molecule has 1 heterocycles. The van der Waals surface area contributed by atoms with Crippen LogP contribution in [-0.2, 0) is 0 Å². The smallest absolute Gasteiger partial charge is 0.418 e. The zero-order chi connectivity index (χ0) is 19.7. The van der Waals surface area contributed by atoms with Crippen LogP contribution in [0.3, 0.4) is 0 Å². The molecular weight excluding hydrogens is 353 g/mol. The molecule has 1 aromatic carbocycles. The molecule has 0 bridgehead atoms. The van der Waals surface area contributed by atoms with Gasteiger partial charge in [-0.15, -0.1) is 5.10 Å². The third-order valence-electron chi connectivity index (χ3n) is 3.56. The van der Waals surface area contributed by atoms with Gasteiger partial charge < -0.3 is 17.3 Å². The van der Waals surface area contributed by atoms with Gasteiger partial charge in [0.2, 0.25) is 0 Å². The molecule has 0 N–H and O–H groups in total. The summed E-state index contributed by atoms with van der Waals surface area (Å²) in [7, 11) is -6.00. The Balaban J connectivity index is 0.000000597. The van der Waals surface area contributed by atoms with Crippen molar-refractivity contribution in [1.29, 1.82) is 0 Å². The van der Waals surface area contributed by atoms with Gasteiger partial charge in [-0.05, 0) is 44.4 Å². The molecule has 6 nitrogen and oxygen atoms in total. The Labute approximate surface area is 150 Å². The molecule has 0 unspecified atom stereocenters. The molecule has 0 aliphatic rings. The van der Waals surface area contributed by atoms with Crippen molar-refractivity contribution in [2.45, 2.75) is 27.7 Å². The van der Waals surface area contributed by atoms with E-state index in [-0.39, 0.29) is 0 Å². The highest BCUT2D eigenvalue weighted by Gasteiger charge is 2.29. The molecule has 2 aromatic rings. The molecule has 0 atom stereocenters. The van der Waals surface area contributed by atoms with Crippen molar-refractivity contribution < 1.29 is 21.8 Å². The van der Waals surface area contributed by atoms with E-state index in [1.54, 1.807) is 0 Å². The summed E-state index contributed by atoms with van der Waals surface area (Å²) in [6.45, 7) is 12.0. The fourth-order valence-corrected chi connectivity index (χ4v) is 2.30. The van der Waals surface area contributed by atoms with Gasteiger partial charge in [0.1, 0.15) is 10.4 Å². The molecule has 2 rings (SSSR count). The van der Waals surface area contributed by atoms with Crippen LogP contribution >= 0.6 is 0 Å². The molecule has 0 fully saturated rings. The third kappa shape index (κ3) is 6.53. The van der Waals surface area contributed by atoms with E-state index in [0.717, 1.165) is 43.2 Å². The lowest BCUT2D eigenvalue weighted by Crippen LogP contribution is -2.44. The van der Waals surface area contributed by atoms with Crippen molar-refractivity contribution in [3.05, 3.63) is 24.3 Å². The number of benzene rings is 1. The van der Waals surface area contributed by atoms with Gasteiger partial charge in [0.15, 0.2) is 5.52 Å². The van der Waals surface area contributed by atoms with Crippen molar-refractivity contribution in [2.24, 2.45) is 0 Å². The van der Waals surface area contributed by atoms with Crippen LogP contribution in [-0.4, -0.2) is 64.4 Å². The molecule has 0 aliphatic heterocycles. The lowest BCUT2D eigenvalue weighted by atomic mass is 10.3. The summed E-state index contributed by atoms with van der Waals surface area (Å²) in [6.07, 6.45) is 0. The van der Waals surface area contributed by atoms with Crippen LogP contribution in [0.1, 0.15) is 27.7 Å². The van der Waals surface area contributed by atoms with Gasteiger partial charge in [0, 0.05) is 31.4 Å². The van der Waals surface area contributed by atoms with Crippen molar-refractivity contribution in [1.82, 2.24) is 25.0 Å². The monoisotopic (exact) mass is 377 g/mol. The Hall–Kier alpha value is -2.33. The van der Waals surface area contributed by atoms with Crippen LogP contribution in [0.25, 0.3) is 11.0 Å². The zero-order valence-corrected chi connectivity index (χ0v) is 15.4. The van der Waals surface area contributed by atoms with E-state index < -0.39 is 7.25 Å². The number of carbonyl (C=O) groups excluding carboxylic acids is 1. The predicted octanol–water partition coefficient (Wildman–Crippen LogP) is 3.83. The van der Waals surface area contributed by atoms with Gasteiger partial charge in [0.25, 0.3) is 0 Å². The first-order chi connectivity index (χ1) is 12.2. The van der Waals surface area contributed by atoms with Crippen molar-refractivity contribution in [2.75, 3.05) is 26.2 Å². The molecule has 0 saturated carbocycles. The lowest BCUT2D eigenvalue weighted by molar-refractivity contribution is -0.246. The molecule has 11 heteroatoms. The van der Waals surface area contributed by atoms with Crippen LogP contribution in [0.15, 0.2) is 24.3 Å². The van der Waals surface area contributed by atoms with Crippen molar-refractivity contribution in [3.8, 4) is 0 Å². The topological polar surface area (TPSA) is 48.5 Å². The summed E-state index contributed by atoms with van der Waals surface area (Å²) in [5.41, 5.74) is 1.70. The number of rotatable bonds is 5. The number of amides is 2. The molecule has 1 aromatic heterocycles. The van der Waals surface area contributed by atoms with Gasteiger partial charge in [-0.1, -0.05) is 12.1 Å². The highest BCUT2D eigenvalue weighted by atomic mass is 19.5. The van der Waals surface area contributed by atoms with E-state index in [1.165, 1.54) is 4.85 Å². The van der Waals surface area contributed by atoms with Crippen molar-refractivity contribution >= 4 is 24.3 Å². The van der Waals surface area contributed by atoms with Gasteiger partial charge >= 0.3 is 13.3 Å². The molecule has 0 radical (unpaired) electrons. The average Bonchev–Trinajstić information content (AvgIpc) is 2.98. The fourth-order valence-electron chi connectivity index (χ4n) is 2.30. The summed E-state index contributed by atoms with van der Waals surface area (Å²) in [4.78, 5) is 5.87. The van der Waals surface area contributed by atoms with Gasteiger partial charge in [-0.3, -0.25) is 9.80 Å². The first-order valence-electron chi connectivity index (χ1n) is 8.47. The Bertz CT molecular complexity index is 679. The highest BCUT2D eigenvalue weighted by Crippen LogP contribution is 2.13. The van der Waals surface area contributed by atoms with Gasteiger partial charge in [0.05, 0.1) is 0 Å². The standard InChI is InChI=1S/C15H24N5O.BF4/c1-5-18(6-2)15(19(7-3)8-4)21-20-14-12-10-9-11-13(14)16-17-20;2-1(3,4)5/h9-12H,5-8H2,1-4H3;/q+1;-1. The quantitative estimate of drug-likeness (QED) is 0.452. The lowest BCUT2D eigenvalue weighted by Gasteiger charge is -2.21.